The topological polar surface area (TPSA) is 143 Å². The molecule has 0 aliphatic carbocycles. The van der Waals surface area contributed by atoms with Crippen LogP contribution in [0.2, 0.25) is 0 Å². The summed E-state index contributed by atoms with van der Waals surface area (Å²) in [7, 11) is -4.88. The van der Waals surface area contributed by atoms with Crippen LogP contribution in [0.25, 0.3) is 0 Å². The van der Waals surface area contributed by atoms with E-state index in [2.05, 4.69) is 9.71 Å². The van der Waals surface area contributed by atoms with Crippen LogP contribution in [-0.2, 0) is 29.6 Å². The SMILES string of the molecule is Cc1ccc(S(=O)(=O)N(C)C)cc1NC(=O)COC(=O)c1ccc2c(c1)S(=O)(=O)N=C1CCCCCN12. The standard InChI is InChI=1S/C24H28N4O7S2/c1-16-8-10-18(37(33,34)27(2)3)14-19(16)25-23(29)15-35-24(30)17-9-11-20-21(13-17)36(31,32)26-22-7-5-4-6-12-28(20)22/h8-11,13-14H,4-7,12,15H2,1-3H3,(H,25,29). The molecule has 2 aliphatic heterocycles. The highest BCUT2D eigenvalue weighted by Gasteiger charge is 2.32. The molecule has 1 N–H and O–H groups in total. The number of rotatable bonds is 6. The molecule has 0 aromatic heterocycles. The summed E-state index contributed by atoms with van der Waals surface area (Å²) in [6.45, 7) is 1.68. The van der Waals surface area contributed by atoms with Crippen molar-refractivity contribution in [1.29, 1.82) is 0 Å². The third-order valence-corrected chi connectivity index (χ3v) is 9.32. The van der Waals surface area contributed by atoms with Gasteiger partial charge in [-0.05, 0) is 55.7 Å². The zero-order valence-electron chi connectivity index (χ0n) is 20.7. The van der Waals surface area contributed by atoms with Gasteiger partial charge in [-0.25, -0.2) is 17.5 Å². The second-order valence-corrected chi connectivity index (χ2v) is 12.7. The molecule has 2 aliphatic rings. The van der Waals surface area contributed by atoms with Crippen molar-refractivity contribution in [3.63, 3.8) is 0 Å². The highest BCUT2D eigenvalue weighted by atomic mass is 32.2. The number of anilines is 2. The van der Waals surface area contributed by atoms with Gasteiger partial charge in [0.05, 0.1) is 16.1 Å². The number of amides is 1. The van der Waals surface area contributed by atoms with Gasteiger partial charge in [-0.2, -0.15) is 8.42 Å². The van der Waals surface area contributed by atoms with Gasteiger partial charge < -0.3 is 15.0 Å². The molecule has 198 valence electrons. The lowest BCUT2D eigenvalue weighted by molar-refractivity contribution is -0.119. The van der Waals surface area contributed by atoms with Crippen molar-refractivity contribution in [3.8, 4) is 0 Å². The fourth-order valence-electron chi connectivity index (χ4n) is 4.11. The minimum absolute atomic E-state index is 0.000823. The van der Waals surface area contributed by atoms with Crippen molar-refractivity contribution in [3.05, 3.63) is 47.5 Å². The maximum absolute atomic E-state index is 12.8. The summed E-state index contributed by atoms with van der Waals surface area (Å²) in [5, 5.41) is 2.55. The predicted molar refractivity (Wildman–Crippen MR) is 138 cm³/mol. The van der Waals surface area contributed by atoms with E-state index in [4.69, 9.17) is 4.74 Å². The molecule has 0 radical (unpaired) electrons. The van der Waals surface area contributed by atoms with E-state index in [1.165, 1.54) is 38.4 Å². The zero-order chi connectivity index (χ0) is 27.0. The summed E-state index contributed by atoms with van der Waals surface area (Å²) in [4.78, 5) is 26.9. The largest absolute Gasteiger partial charge is 0.452 e. The number of fused-ring (bicyclic) bond motifs is 3. The average molecular weight is 549 g/mol. The first kappa shape index (κ1) is 26.8. The summed E-state index contributed by atoms with van der Waals surface area (Å²) >= 11 is 0. The molecule has 0 unspecified atom stereocenters. The summed E-state index contributed by atoms with van der Waals surface area (Å²) in [6, 6.07) is 8.56. The van der Waals surface area contributed by atoms with Crippen molar-refractivity contribution < 1.29 is 31.2 Å². The lowest BCUT2D eigenvalue weighted by atomic mass is 10.2. The molecular weight excluding hydrogens is 520 g/mol. The first-order chi connectivity index (χ1) is 17.4. The first-order valence-corrected chi connectivity index (χ1v) is 14.5. The highest BCUT2D eigenvalue weighted by Crippen LogP contribution is 2.35. The molecule has 2 heterocycles. The number of sulfonamides is 2. The number of nitrogens with zero attached hydrogens (tertiary/aromatic N) is 3. The number of ether oxygens (including phenoxy) is 1. The Morgan fingerprint density at radius 3 is 2.59 bits per heavy atom. The van der Waals surface area contributed by atoms with Crippen molar-refractivity contribution >= 4 is 49.1 Å². The Morgan fingerprint density at radius 2 is 1.86 bits per heavy atom. The fourth-order valence-corrected chi connectivity index (χ4v) is 6.33. The third kappa shape index (κ3) is 5.53. The van der Waals surface area contributed by atoms with E-state index >= 15 is 0 Å². The van der Waals surface area contributed by atoms with Crippen molar-refractivity contribution in [1.82, 2.24) is 4.31 Å². The number of aryl methyl sites for hydroxylation is 1. The Kier molecular flexibility index (Phi) is 7.40. The molecule has 0 bridgehead atoms. The molecular formula is C24H28N4O7S2. The number of hydrogen-bond acceptors (Lipinski definition) is 8. The molecule has 0 spiro atoms. The molecule has 1 saturated heterocycles. The quantitative estimate of drug-likeness (QED) is 0.543. The van der Waals surface area contributed by atoms with E-state index in [1.807, 2.05) is 4.90 Å². The number of carbonyl (C=O) groups excluding carboxylic acids is 2. The predicted octanol–water partition coefficient (Wildman–Crippen LogP) is 2.52. The van der Waals surface area contributed by atoms with Crippen molar-refractivity contribution in [2.75, 3.05) is 37.5 Å². The number of esters is 1. The Balaban J connectivity index is 1.47. The second kappa shape index (κ2) is 10.2. The van der Waals surface area contributed by atoms with E-state index < -0.39 is 38.5 Å². The van der Waals surface area contributed by atoms with E-state index in [0.29, 0.717) is 30.1 Å². The van der Waals surface area contributed by atoms with Gasteiger partial charge >= 0.3 is 5.97 Å². The number of benzene rings is 2. The summed E-state index contributed by atoms with van der Waals surface area (Å²) in [6.07, 6.45) is 3.32. The Bertz CT molecular complexity index is 1500. The normalized spacial score (nSPS) is 16.8. The van der Waals surface area contributed by atoms with Gasteiger partial charge in [-0.1, -0.05) is 12.5 Å². The third-order valence-electron chi connectivity index (χ3n) is 6.18. The van der Waals surface area contributed by atoms with E-state index in [9.17, 15) is 26.4 Å². The van der Waals surface area contributed by atoms with Crippen LogP contribution in [0.15, 0.2) is 50.6 Å². The van der Waals surface area contributed by atoms with Crippen LogP contribution >= 0.6 is 0 Å². The smallest absolute Gasteiger partial charge is 0.338 e. The van der Waals surface area contributed by atoms with Crippen LogP contribution in [0.3, 0.4) is 0 Å². The van der Waals surface area contributed by atoms with Crippen LogP contribution < -0.4 is 10.2 Å². The maximum atomic E-state index is 12.8. The maximum Gasteiger partial charge on any atom is 0.338 e. The molecule has 37 heavy (non-hydrogen) atoms. The Morgan fingerprint density at radius 1 is 1.11 bits per heavy atom. The summed E-state index contributed by atoms with van der Waals surface area (Å²) in [5.74, 6) is -1.05. The van der Waals surface area contributed by atoms with Crippen LogP contribution in [0.4, 0.5) is 11.4 Å². The van der Waals surface area contributed by atoms with E-state index in [1.54, 1.807) is 19.1 Å². The molecule has 2 aromatic rings. The molecule has 2 aromatic carbocycles. The lowest BCUT2D eigenvalue weighted by Gasteiger charge is -2.29. The first-order valence-electron chi connectivity index (χ1n) is 11.7. The Labute approximate surface area is 216 Å². The van der Waals surface area contributed by atoms with Crippen LogP contribution in [0.5, 0.6) is 0 Å². The molecule has 4 rings (SSSR count). The minimum Gasteiger partial charge on any atom is -0.452 e. The van der Waals surface area contributed by atoms with Gasteiger partial charge in [-0.3, -0.25) is 4.79 Å². The van der Waals surface area contributed by atoms with Crippen molar-refractivity contribution in [2.45, 2.75) is 42.4 Å². The zero-order valence-corrected chi connectivity index (χ0v) is 22.4. The molecule has 13 heteroatoms. The van der Waals surface area contributed by atoms with Crippen LogP contribution in [0, 0.1) is 6.92 Å². The average Bonchev–Trinajstić information content (AvgIpc) is 3.08. The summed E-state index contributed by atoms with van der Waals surface area (Å²) < 4.78 is 60.4. The number of carbonyl (C=O) groups is 2. The van der Waals surface area contributed by atoms with Gasteiger partial charge in [0.1, 0.15) is 10.7 Å². The number of nitrogens with one attached hydrogen (secondary N) is 1. The molecule has 1 amide bonds. The Hall–Kier alpha value is -3.29. The van der Waals surface area contributed by atoms with Gasteiger partial charge in [0.25, 0.3) is 15.9 Å². The molecule has 0 atom stereocenters. The monoisotopic (exact) mass is 548 g/mol. The van der Waals surface area contributed by atoms with Gasteiger partial charge in [0.15, 0.2) is 6.61 Å². The van der Waals surface area contributed by atoms with E-state index in [0.717, 1.165) is 23.6 Å². The minimum atomic E-state index is -3.98. The van der Waals surface area contributed by atoms with Gasteiger partial charge in [-0.15, -0.1) is 4.40 Å². The van der Waals surface area contributed by atoms with E-state index in [-0.39, 0.29) is 21.0 Å². The molecule has 0 saturated carbocycles. The van der Waals surface area contributed by atoms with Gasteiger partial charge in [0.2, 0.25) is 10.0 Å². The van der Waals surface area contributed by atoms with Crippen molar-refractivity contribution in [2.24, 2.45) is 4.40 Å². The lowest BCUT2D eigenvalue weighted by Crippen LogP contribution is -2.35. The fraction of sp³-hybridized carbons (Fsp3) is 0.375. The van der Waals surface area contributed by atoms with Crippen LogP contribution in [-0.4, -0.2) is 66.1 Å². The molecule has 1 fully saturated rings. The van der Waals surface area contributed by atoms with Gasteiger partial charge in [0, 0.05) is 32.7 Å². The number of hydrogen-bond donors (Lipinski definition) is 1. The van der Waals surface area contributed by atoms with Crippen LogP contribution in [0.1, 0.15) is 41.6 Å². The number of amidine groups is 1. The molecule has 11 nitrogen and oxygen atoms in total. The summed E-state index contributed by atoms with van der Waals surface area (Å²) in [5.41, 5.74) is 1.32. The second-order valence-electron chi connectivity index (χ2n) is 9.02. The highest BCUT2D eigenvalue weighted by molar-refractivity contribution is 7.90.